The molecule has 0 aromatic rings. The Morgan fingerprint density at radius 2 is 1.31 bits per heavy atom. The molecule has 1 rings (SSSR count). The zero-order chi connectivity index (χ0) is 19.4. The number of ether oxygens (including phenoxy) is 2. The molecule has 0 amide bonds. The molecule has 6 atom stereocenters. The van der Waals surface area contributed by atoms with Crippen LogP contribution in [0.15, 0.2) is 0 Å². The van der Waals surface area contributed by atoms with Gasteiger partial charge < -0.3 is 29.9 Å². The zero-order valence-corrected chi connectivity index (χ0v) is 16.6. The minimum absolute atomic E-state index is 0.0471. The van der Waals surface area contributed by atoms with Gasteiger partial charge in [0.2, 0.25) is 0 Å². The van der Waals surface area contributed by atoms with E-state index in [-0.39, 0.29) is 6.10 Å². The number of rotatable bonds is 14. The highest BCUT2D eigenvalue weighted by Crippen LogP contribution is 2.25. The summed E-state index contributed by atoms with van der Waals surface area (Å²) in [7, 11) is 0. The Morgan fingerprint density at radius 3 is 1.92 bits per heavy atom. The maximum Gasteiger partial charge on any atom is 0.186 e. The highest BCUT2D eigenvalue weighted by Gasteiger charge is 2.44. The molecule has 4 N–H and O–H groups in total. The van der Waals surface area contributed by atoms with Crippen molar-refractivity contribution in [1.82, 2.24) is 0 Å². The lowest BCUT2D eigenvalue weighted by molar-refractivity contribution is -0.312. The molecule has 0 saturated carbocycles. The van der Waals surface area contributed by atoms with E-state index in [0.29, 0.717) is 0 Å². The Kier molecular flexibility index (Phi) is 12.7. The van der Waals surface area contributed by atoms with E-state index >= 15 is 0 Å². The Balaban J connectivity index is 2.51. The van der Waals surface area contributed by atoms with E-state index in [1.165, 1.54) is 32.1 Å². The maximum absolute atomic E-state index is 10.2. The summed E-state index contributed by atoms with van der Waals surface area (Å²) in [6.07, 6.45) is 6.33. The van der Waals surface area contributed by atoms with Crippen LogP contribution in [0.1, 0.15) is 84.5 Å². The van der Waals surface area contributed by atoms with E-state index in [2.05, 4.69) is 13.8 Å². The molecule has 26 heavy (non-hydrogen) atoms. The highest BCUT2D eigenvalue weighted by atomic mass is 16.7. The first-order valence-corrected chi connectivity index (χ1v) is 10.5. The summed E-state index contributed by atoms with van der Waals surface area (Å²) in [5.74, 6) is 0. The van der Waals surface area contributed by atoms with Gasteiger partial charge in [-0.3, -0.25) is 0 Å². The Bertz CT molecular complexity index is 338. The molecule has 2 unspecified atom stereocenters. The second kappa shape index (κ2) is 13.9. The van der Waals surface area contributed by atoms with E-state index < -0.39 is 37.3 Å². The molecule has 1 fully saturated rings. The van der Waals surface area contributed by atoms with Gasteiger partial charge in [0.05, 0.1) is 12.7 Å². The molecule has 6 nitrogen and oxygen atoms in total. The molecule has 0 spiro atoms. The molecule has 6 heteroatoms. The topological polar surface area (TPSA) is 99.4 Å². The van der Waals surface area contributed by atoms with Crippen LogP contribution in [0, 0.1) is 0 Å². The van der Waals surface area contributed by atoms with Gasteiger partial charge in [0.1, 0.15) is 24.4 Å². The lowest BCUT2D eigenvalue weighted by Gasteiger charge is -2.41. The molecule has 1 aliphatic heterocycles. The third-order valence-corrected chi connectivity index (χ3v) is 5.18. The summed E-state index contributed by atoms with van der Waals surface area (Å²) in [5, 5.41) is 39.3. The fourth-order valence-corrected chi connectivity index (χ4v) is 3.42. The molecule has 0 bridgehead atoms. The summed E-state index contributed by atoms with van der Waals surface area (Å²) in [6, 6.07) is 0. The molecule has 0 aromatic heterocycles. The van der Waals surface area contributed by atoms with Crippen LogP contribution in [0.5, 0.6) is 0 Å². The molecule has 1 heterocycles. The SMILES string of the molecule is CCCCCCCCC(CCCCC)OC1O[C@H](CO)[C@@H](O)[C@H](O)[C@H]1O. The van der Waals surface area contributed by atoms with Crippen LogP contribution in [0.2, 0.25) is 0 Å². The van der Waals surface area contributed by atoms with E-state index in [1.807, 2.05) is 0 Å². The molecule has 156 valence electrons. The molecular weight excluding hydrogens is 336 g/mol. The van der Waals surface area contributed by atoms with Crippen molar-refractivity contribution in [3.8, 4) is 0 Å². The van der Waals surface area contributed by atoms with E-state index in [0.717, 1.165) is 38.5 Å². The summed E-state index contributed by atoms with van der Waals surface area (Å²) < 4.78 is 11.5. The Morgan fingerprint density at radius 1 is 0.769 bits per heavy atom. The normalized spacial score (nSPS) is 30.5. The van der Waals surface area contributed by atoms with E-state index in [1.54, 1.807) is 0 Å². The van der Waals surface area contributed by atoms with Crippen molar-refractivity contribution in [2.75, 3.05) is 6.61 Å². The average molecular weight is 377 g/mol. The number of aliphatic hydroxyl groups excluding tert-OH is 4. The van der Waals surface area contributed by atoms with Gasteiger partial charge in [0.15, 0.2) is 6.29 Å². The molecule has 0 aliphatic carbocycles. The van der Waals surface area contributed by atoms with Gasteiger partial charge in [-0.05, 0) is 12.8 Å². The quantitative estimate of drug-likeness (QED) is 0.348. The van der Waals surface area contributed by atoms with Crippen LogP contribution in [-0.4, -0.2) is 63.8 Å². The van der Waals surface area contributed by atoms with Crippen LogP contribution in [0.3, 0.4) is 0 Å². The maximum atomic E-state index is 10.2. The van der Waals surface area contributed by atoms with Crippen molar-refractivity contribution in [1.29, 1.82) is 0 Å². The lowest BCUT2D eigenvalue weighted by atomic mass is 9.98. The van der Waals surface area contributed by atoms with Crippen LogP contribution in [-0.2, 0) is 9.47 Å². The minimum atomic E-state index is -1.38. The van der Waals surface area contributed by atoms with Gasteiger partial charge in [-0.25, -0.2) is 0 Å². The smallest absolute Gasteiger partial charge is 0.186 e. The zero-order valence-electron chi connectivity index (χ0n) is 16.6. The largest absolute Gasteiger partial charge is 0.394 e. The molecule has 1 aliphatic rings. The average Bonchev–Trinajstić information content (AvgIpc) is 2.64. The van der Waals surface area contributed by atoms with Crippen LogP contribution < -0.4 is 0 Å². The first kappa shape index (κ1) is 23.8. The lowest BCUT2D eigenvalue weighted by Crippen LogP contribution is -2.59. The second-order valence-electron chi connectivity index (χ2n) is 7.51. The van der Waals surface area contributed by atoms with Gasteiger partial charge in [-0.2, -0.15) is 0 Å². The highest BCUT2D eigenvalue weighted by molar-refractivity contribution is 4.89. The van der Waals surface area contributed by atoms with Crippen molar-refractivity contribution >= 4 is 0 Å². The first-order valence-electron chi connectivity index (χ1n) is 10.5. The van der Waals surface area contributed by atoms with Crippen molar-refractivity contribution < 1.29 is 29.9 Å². The summed E-state index contributed by atoms with van der Waals surface area (Å²) >= 11 is 0. The number of unbranched alkanes of at least 4 members (excludes halogenated alkanes) is 7. The third-order valence-electron chi connectivity index (χ3n) is 5.18. The van der Waals surface area contributed by atoms with E-state index in [4.69, 9.17) is 9.47 Å². The summed E-state index contributed by atoms with van der Waals surface area (Å²) in [4.78, 5) is 0. The van der Waals surface area contributed by atoms with Gasteiger partial charge in [-0.1, -0.05) is 71.6 Å². The van der Waals surface area contributed by atoms with Gasteiger partial charge in [0, 0.05) is 0 Å². The van der Waals surface area contributed by atoms with Crippen LogP contribution >= 0.6 is 0 Å². The summed E-state index contributed by atoms with van der Waals surface area (Å²) in [5.41, 5.74) is 0. The molecule has 0 radical (unpaired) electrons. The standard InChI is InChI=1S/C20H40O6/c1-3-5-7-8-9-11-13-15(12-10-6-4-2)25-20-19(24)18(23)17(22)16(14-21)26-20/h15-24H,3-14H2,1-2H3/t15?,16-,17-,18+,19-,20?/m1/s1. The number of aliphatic hydroxyl groups is 4. The molecule has 0 aromatic carbocycles. The fourth-order valence-electron chi connectivity index (χ4n) is 3.42. The van der Waals surface area contributed by atoms with Crippen molar-refractivity contribution in [3.63, 3.8) is 0 Å². The minimum Gasteiger partial charge on any atom is -0.394 e. The number of hydrogen-bond acceptors (Lipinski definition) is 6. The third kappa shape index (κ3) is 8.19. The Labute approximate surface area is 158 Å². The van der Waals surface area contributed by atoms with Gasteiger partial charge in [0.25, 0.3) is 0 Å². The van der Waals surface area contributed by atoms with Gasteiger partial charge in [-0.15, -0.1) is 0 Å². The second-order valence-corrected chi connectivity index (χ2v) is 7.51. The fraction of sp³-hybridized carbons (Fsp3) is 1.00. The van der Waals surface area contributed by atoms with Crippen molar-refractivity contribution in [3.05, 3.63) is 0 Å². The predicted molar refractivity (Wildman–Crippen MR) is 101 cm³/mol. The predicted octanol–water partition coefficient (Wildman–Crippen LogP) is 2.50. The van der Waals surface area contributed by atoms with Crippen LogP contribution in [0.25, 0.3) is 0 Å². The van der Waals surface area contributed by atoms with E-state index in [9.17, 15) is 20.4 Å². The first-order chi connectivity index (χ1) is 12.5. The number of hydrogen-bond donors (Lipinski definition) is 4. The Hall–Kier alpha value is -0.240. The van der Waals surface area contributed by atoms with Crippen molar-refractivity contribution in [2.45, 2.75) is 121 Å². The van der Waals surface area contributed by atoms with Crippen LogP contribution in [0.4, 0.5) is 0 Å². The van der Waals surface area contributed by atoms with Crippen molar-refractivity contribution in [2.24, 2.45) is 0 Å². The van der Waals surface area contributed by atoms with Gasteiger partial charge >= 0.3 is 0 Å². The molecular formula is C20H40O6. The molecule has 1 saturated heterocycles. The monoisotopic (exact) mass is 376 g/mol. The summed E-state index contributed by atoms with van der Waals surface area (Å²) in [6.45, 7) is 3.93.